The molecule has 1 aliphatic rings. The van der Waals surface area contributed by atoms with Crippen LogP contribution in [-0.4, -0.2) is 54.3 Å². The molecule has 1 aliphatic heterocycles. The molecule has 1 heterocycles. The number of hydrogen-bond acceptors (Lipinski definition) is 7. The number of carbonyl (C=O) groups is 5. The predicted octanol–water partition coefficient (Wildman–Crippen LogP) is 2.81. The minimum absolute atomic E-state index is 0.234. The van der Waals surface area contributed by atoms with Crippen molar-refractivity contribution >= 4 is 35.3 Å². The van der Waals surface area contributed by atoms with Crippen LogP contribution >= 0.6 is 0 Å². The first-order valence-electron chi connectivity index (χ1n) is 10.5. The second-order valence-electron chi connectivity index (χ2n) is 7.41. The fourth-order valence-electron chi connectivity index (χ4n) is 3.48. The molecule has 0 radical (unpaired) electrons. The van der Waals surface area contributed by atoms with Gasteiger partial charge in [-0.3, -0.25) is 19.3 Å². The molecule has 172 valence electrons. The van der Waals surface area contributed by atoms with Crippen LogP contribution in [0, 0.1) is 0 Å². The van der Waals surface area contributed by atoms with Gasteiger partial charge in [0.15, 0.2) is 6.61 Å². The molecule has 0 unspecified atom stereocenters. The number of hydrogen-bond donors (Lipinski definition) is 1. The number of anilines is 1. The van der Waals surface area contributed by atoms with Gasteiger partial charge in [-0.05, 0) is 42.8 Å². The summed E-state index contributed by atoms with van der Waals surface area (Å²) in [7, 11) is 1.27. The van der Waals surface area contributed by atoms with Gasteiger partial charge in [-0.25, -0.2) is 9.59 Å². The molecule has 2 aromatic carbocycles. The normalized spacial score (nSPS) is 13.3. The summed E-state index contributed by atoms with van der Waals surface area (Å²) in [5.41, 5.74) is 1.20. The molecule has 1 atom stereocenters. The largest absolute Gasteiger partial charge is 0.465 e. The van der Waals surface area contributed by atoms with Gasteiger partial charge in [0.2, 0.25) is 0 Å². The minimum atomic E-state index is -1.12. The molecule has 0 spiro atoms. The molecule has 0 aromatic heterocycles. The number of imide groups is 1. The van der Waals surface area contributed by atoms with E-state index in [2.05, 4.69) is 10.1 Å². The number of fused-ring (bicyclic) bond motifs is 1. The number of nitrogens with one attached hydrogen (secondary N) is 1. The lowest BCUT2D eigenvalue weighted by atomic mass is 10.1. The maximum absolute atomic E-state index is 12.8. The number of amides is 3. The molecule has 0 saturated heterocycles. The maximum Gasteiger partial charge on any atom is 0.337 e. The van der Waals surface area contributed by atoms with E-state index >= 15 is 0 Å². The highest BCUT2D eigenvalue weighted by Gasteiger charge is 2.43. The molecule has 3 amide bonds. The van der Waals surface area contributed by atoms with Crippen molar-refractivity contribution in [3.05, 3.63) is 65.2 Å². The Hall–Kier alpha value is -4.01. The number of unbranched alkanes of at least 4 members (excludes halogenated alkanes) is 1. The summed E-state index contributed by atoms with van der Waals surface area (Å²) in [6.45, 7) is 1.33. The molecule has 0 bridgehead atoms. The fraction of sp³-hybridized carbons (Fsp3) is 0.292. The topological polar surface area (TPSA) is 119 Å². The van der Waals surface area contributed by atoms with Crippen LogP contribution in [0.2, 0.25) is 0 Å². The number of benzene rings is 2. The van der Waals surface area contributed by atoms with E-state index in [9.17, 15) is 24.0 Å². The Morgan fingerprint density at radius 3 is 2.12 bits per heavy atom. The summed E-state index contributed by atoms with van der Waals surface area (Å²) in [4.78, 5) is 63.0. The zero-order valence-electron chi connectivity index (χ0n) is 18.3. The van der Waals surface area contributed by atoms with Gasteiger partial charge in [0, 0.05) is 5.69 Å². The number of nitrogens with zero attached hydrogens (tertiary/aromatic N) is 1. The lowest BCUT2D eigenvalue weighted by Crippen LogP contribution is -2.46. The molecule has 9 heteroatoms. The Bertz CT molecular complexity index is 1040. The molecule has 33 heavy (non-hydrogen) atoms. The first kappa shape index (κ1) is 23.6. The second-order valence-corrected chi connectivity index (χ2v) is 7.41. The van der Waals surface area contributed by atoms with Gasteiger partial charge in [0.05, 0.1) is 23.8 Å². The van der Waals surface area contributed by atoms with Crippen LogP contribution in [-0.2, 0) is 19.1 Å². The van der Waals surface area contributed by atoms with E-state index in [0.717, 1.165) is 11.3 Å². The fourth-order valence-corrected chi connectivity index (χ4v) is 3.48. The molecule has 1 N–H and O–H groups in total. The van der Waals surface area contributed by atoms with Gasteiger partial charge in [-0.1, -0.05) is 31.9 Å². The van der Waals surface area contributed by atoms with Gasteiger partial charge in [-0.2, -0.15) is 0 Å². The Morgan fingerprint density at radius 2 is 1.58 bits per heavy atom. The monoisotopic (exact) mass is 452 g/mol. The molecule has 0 saturated carbocycles. The van der Waals surface area contributed by atoms with E-state index in [1.165, 1.54) is 43.5 Å². The van der Waals surface area contributed by atoms with Gasteiger partial charge < -0.3 is 14.8 Å². The van der Waals surface area contributed by atoms with Crippen LogP contribution in [0.4, 0.5) is 5.69 Å². The molecule has 0 fully saturated rings. The molecule has 9 nitrogen and oxygen atoms in total. The number of esters is 2. The van der Waals surface area contributed by atoms with Gasteiger partial charge in [-0.15, -0.1) is 0 Å². The van der Waals surface area contributed by atoms with Crippen LogP contribution in [0.25, 0.3) is 0 Å². The van der Waals surface area contributed by atoms with Crippen molar-refractivity contribution in [1.29, 1.82) is 0 Å². The summed E-state index contributed by atoms with van der Waals surface area (Å²) in [6, 6.07) is 11.2. The van der Waals surface area contributed by atoms with Crippen LogP contribution in [0.1, 0.15) is 57.3 Å². The predicted molar refractivity (Wildman–Crippen MR) is 118 cm³/mol. The molecular formula is C24H24N2O7. The SMILES string of the molecule is CCCC[C@H](C(=O)OCC(=O)Nc1ccc(C(=O)OC)cc1)N1C(=O)c2ccccc2C1=O. The Kier molecular flexibility index (Phi) is 7.55. The maximum atomic E-state index is 12.8. The molecular weight excluding hydrogens is 428 g/mol. The highest BCUT2D eigenvalue weighted by Crippen LogP contribution is 2.27. The van der Waals surface area contributed by atoms with Crippen LogP contribution in [0.5, 0.6) is 0 Å². The zero-order chi connectivity index (χ0) is 24.0. The number of methoxy groups -OCH3 is 1. The van der Waals surface area contributed by atoms with Gasteiger partial charge >= 0.3 is 11.9 Å². The van der Waals surface area contributed by atoms with Crippen molar-refractivity contribution in [3.8, 4) is 0 Å². The van der Waals surface area contributed by atoms with Gasteiger partial charge in [0.25, 0.3) is 17.7 Å². The highest BCUT2D eigenvalue weighted by atomic mass is 16.5. The van der Waals surface area contributed by atoms with E-state index in [-0.39, 0.29) is 17.5 Å². The summed E-state index contributed by atoms with van der Waals surface area (Å²) >= 11 is 0. The summed E-state index contributed by atoms with van der Waals surface area (Å²) in [5, 5.41) is 2.55. The van der Waals surface area contributed by atoms with E-state index < -0.39 is 42.3 Å². The van der Waals surface area contributed by atoms with E-state index in [0.29, 0.717) is 17.7 Å². The highest BCUT2D eigenvalue weighted by molar-refractivity contribution is 6.22. The minimum Gasteiger partial charge on any atom is -0.465 e. The van der Waals surface area contributed by atoms with Crippen molar-refractivity contribution in [2.75, 3.05) is 19.0 Å². The zero-order valence-corrected chi connectivity index (χ0v) is 18.3. The van der Waals surface area contributed by atoms with Crippen molar-refractivity contribution in [2.45, 2.75) is 32.2 Å². The Morgan fingerprint density at radius 1 is 0.970 bits per heavy atom. The summed E-state index contributed by atoms with van der Waals surface area (Å²) in [5.74, 6) is -3.04. The first-order valence-corrected chi connectivity index (χ1v) is 10.5. The third-order valence-electron chi connectivity index (χ3n) is 5.18. The third kappa shape index (κ3) is 5.25. The number of carbonyl (C=O) groups excluding carboxylic acids is 5. The second kappa shape index (κ2) is 10.5. The molecule has 2 aromatic rings. The third-order valence-corrected chi connectivity index (χ3v) is 5.18. The first-order chi connectivity index (χ1) is 15.9. The number of rotatable bonds is 9. The van der Waals surface area contributed by atoms with E-state index in [1.54, 1.807) is 12.1 Å². The van der Waals surface area contributed by atoms with E-state index in [4.69, 9.17) is 4.74 Å². The van der Waals surface area contributed by atoms with Crippen LogP contribution in [0.3, 0.4) is 0 Å². The van der Waals surface area contributed by atoms with E-state index in [1.807, 2.05) is 6.92 Å². The lowest BCUT2D eigenvalue weighted by molar-refractivity contribution is -0.151. The standard InChI is InChI=1S/C24H24N2O7/c1-3-4-9-19(26-21(28)17-7-5-6-8-18(17)22(26)29)24(31)33-14-20(27)25-16-12-10-15(11-13-16)23(30)32-2/h5-8,10-13,19H,3-4,9,14H2,1-2H3,(H,25,27)/t19-/m1/s1. The number of ether oxygens (including phenoxy) is 2. The Balaban J connectivity index is 1.64. The van der Waals surface area contributed by atoms with Crippen molar-refractivity contribution in [1.82, 2.24) is 4.90 Å². The van der Waals surface area contributed by atoms with Gasteiger partial charge in [0.1, 0.15) is 6.04 Å². The average molecular weight is 452 g/mol. The smallest absolute Gasteiger partial charge is 0.337 e. The van der Waals surface area contributed by atoms with Crippen LogP contribution < -0.4 is 5.32 Å². The molecule has 0 aliphatic carbocycles. The lowest BCUT2D eigenvalue weighted by Gasteiger charge is -2.24. The van der Waals surface area contributed by atoms with Crippen molar-refractivity contribution < 1.29 is 33.4 Å². The Labute approximate surface area is 190 Å². The quantitative estimate of drug-likeness (QED) is 0.459. The molecule has 3 rings (SSSR count). The average Bonchev–Trinajstić information content (AvgIpc) is 3.08. The summed E-state index contributed by atoms with van der Waals surface area (Å²) in [6.07, 6.45) is 1.57. The van der Waals surface area contributed by atoms with Crippen LogP contribution in [0.15, 0.2) is 48.5 Å². The van der Waals surface area contributed by atoms with Crippen molar-refractivity contribution in [3.63, 3.8) is 0 Å². The summed E-state index contributed by atoms with van der Waals surface area (Å²) < 4.78 is 9.77. The van der Waals surface area contributed by atoms with Crippen molar-refractivity contribution in [2.24, 2.45) is 0 Å².